The molecule has 3 N–H and O–H groups in total. The van der Waals surface area contributed by atoms with Crippen molar-refractivity contribution in [3.8, 4) is 5.75 Å². The zero-order valence-corrected chi connectivity index (χ0v) is 12.3. The predicted molar refractivity (Wildman–Crippen MR) is 71.1 cm³/mol. The molecule has 0 spiro atoms. The van der Waals surface area contributed by atoms with Gasteiger partial charge in [-0.2, -0.15) is 0 Å². The highest BCUT2D eigenvalue weighted by atomic mass is 32.2. The molecule has 0 aromatic heterocycles. The fourth-order valence-corrected chi connectivity index (χ4v) is 3.06. The molecule has 96 valence electrons. The minimum absolute atomic E-state index is 0.0856. The summed E-state index contributed by atoms with van der Waals surface area (Å²) in [5.74, 6) is 0.354. The molecule has 0 atom stereocenters. The molecule has 0 fully saturated rings. The topological polar surface area (TPSA) is 81.4 Å². The van der Waals surface area contributed by atoms with Crippen LogP contribution in [0.25, 0.3) is 0 Å². The van der Waals surface area contributed by atoms with Gasteiger partial charge in [0.15, 0.2) is 0 Å². The van der Waals surface area contributed by atoms with Crippen molar-refractivity contribution in [2.24, 2.45) is 0 Å². The minimum atomic E-state index is -3.56. The molecule has 0 saturated heterocycles. The van der Waals surface area contributed by atoms with Crippen LogP contribution in [0.5, 0.6) is 5.75 Å². The van der Waals surface area contributed by atoms with E-state index in [1.807, 2.05) is 19.6 Å². The van der Waals surface area contributed by atoms with Gasteiger partial charge in [-0.05, 0) is 44.9 Å². The summed E-state index contributed by atoms with van der Waals surface area (Å²) in [7, 11) is -4.07. The van der Waals surface area contributed by atoms with Crippen molar-refractivity contribution >= 4 is 24.0 Å². The number of anilines is 1. The molecule has 17 heavy (non-hydrogen) atoms. The molecule has 0 amide bonds. The van der Waals surface area contributed by atoms with Crippen LogP contribution in [0, 0.1) is 0 Å². The number of benzene rings is 1. The highest BCUT2D eigenvalue weighted by Crippen LogP contribution is 2.28. The lowest BCUT2D eigenvalue weighted by atomic mass is 10.3. The van der Waals surface area contributed by atoms with Crippen molar-refractivity contribution in [2.75, 3.05) is 12.8 Å². The Labute approximate surface area is 103 Å². The number of rotatable bonds is 4. The highest BCUT2D eigenvalue weighted by Gasteiger charge is 2.23. The Morgan fingerprint density at radius 3 is 2.35 bits per heavy atom. The summed E-state index contributed by atoms with van der Waals surface area (Å²) in [6, 6.07) is 4.63. The van der Waals surface area contributed by atoms with Crippen LogP contribution >= 0.6 is 0 Å². The first-order valence-electron chi connectivity index (χ1n) is 5.18. The van der Waals surface area contributed by atoms with Gasteiger partial charge in [0.2, 0.25) is 18.3 Å². The van der Waals surface area contributed by atoms with Crippen molar-refractivity contribution in [3.05, 3.63) is 18.2 Å². The quantitative estimate of drug-likeness (QED) is 0.642. The van der Waals surface area contributed by atoms with Gasteiger partial charge in [0, 0.05) is 5.69 Å². The first-order chi connectivity index (χ1) is 7.65. The summed E-state index contributed by atoms with van der Waals surface area (Å²) >= 11 is 0. The Kier molecular flexibility index (Phi) is 3.85. The van der Waals surface area contributed by atoms with Crippen LogP contribution in [0.3, 0.4) is 0 Å². The maximum Gasteiger partial charge on any atom is 0.244 e. The Balaban J connectivity index is 3.32. The first kappa shape index (κ1) is 14.0. The number of nitrogen functional groups attached to an aromatic ring is 1. The van der Waals surface area contributed by atoms with Gasteiger partial charge < -0.3 is 10.2 Å². The fraction of sp³-hybridized carbons (Fsp3) is 0.400. The van der Waals surface area contributed by atoms with Gasteiger partial charge in [0.1, 0.15) is 10.6 Å². The number of hydrogen-bond donors (Lipinski definition) is 2. The van der Waals surface area contributed by atoms with Gasteiger partial charge in [0.05, 0.1) is 0 Å². The molecule has 7 heteroatoms. The molecule has 0 heterocycles. The molecule has 0 aliphatic carbocycles. The molecule has 0 unspecified atom stereocenters. The standard InChI is InChI=1S/C10H18N2O3SSi/c1-12-16(13,14)10-7-8(11)5-6-9(10)15-17(2,3)4/h5-7,12H,11H2,1-4H3. The van der Waals surface area contributed by atoms with Gasteiger partial charge in [-0.1, -0.05) is 0 Å². The molecule has 0 saturated carbocycles. The van der Waals surface area contributed by atoms with E-state index in [9.17, 15) is 8.42 Å². The summed E-state index contributed by atoms with van der Waals surface area (Å²) in [6.07, 6.45) is 0. The van der Waals surface area contributed by atoms with Crippen molar-refractivity contribution in [1.82, 2.24) is 4.72 Å². The van der Waals surface area contributed by atoms with Crippen LogP contribution in [0.2, 0.25) is 19.6 Å². The lowest BCUT2D eigenvalue weighted by Crippen LogP contribution is -2.31. The van der Waals surface area contributed by atoms with E-state index in [0.29, 0.717) is 11.4 Å². The minimum Gasteiger partial charge on any atom is -0.543 e. The van der Waals surface area contributed by atoms with Crippen LogP contribution < -0.4 is 14.9 Å². The van der Waals surface area contributed by atoms with Gasteiger partial charge in [0.25, 0.3) is 0 Å². The van der Waals surface area contributed by atoms with Crippen LogP contribution in [0.15, 0.2) is 23.1 Å². The molecule has 0 aliphatic rings. The normalized spacial score (nSPS) is 12.5. The summed E-state index contributed by atoms with van der Waals surface area (Å²) in [4.78, 5) is 0.0856. The molecular weight excluding hydrogens is 256 g/mol. The number of nitrogens with one attached hydrogen (secondary N) is 1. The average Bonchev–Trinajstić information content (AvgIpc) is 2.18. The van der Waals surface area contributed by atoms with E-state index in [1.165, 1.54) is 13.1 Å². The molecular formula is C10H18N2O3SSi. The first-order valence-corrected chi connectivity index (χ1v) is 10.1. The fourth-order valence-electron chi connectivity index (χ4n) is 1.26. The van der Waals surface area contributed by atoms with Gasteiger partial charge in [-0.15, -0.1) is 0 Å². The maximum absolute atomic E-state index is 11.8. The average molecular weight is 274 g/mol. The summed E-state index contributed by atoms with van der Waals surface area (Å²) in [5, 5.41) is 0. The van der Waals surface area contributed by atoms with E-state index in [2.05, 4.69) is 4.72 Å². The SMILES string of the molecule is CNS(=O)(=O)c1cc(N)ccc1O[Si](C)(C)C. The molecule has 0 radical (unpaired) electrons. The lowest BCUT2D eigenvalue weighted by Gasteiger charge is -2.21. The monoisotopic (exact) mass is 274 g/mol. The third-order valence-corrected chi connectivity index (χ3v) is 4.21. The van der Waals surface area contributed by atoms with E-state index in [-0.39, 0.29) is 4.90 Å². The van der Waals surface area contributed by atoms with Crippen LogP contribution in [-0.2, 0) is 10.0 Å². The maximum atomic E-state index is 11.8. The van der Waals surface area contributed by atoms with Crippen molar-refractivity contribution in [1.29, 1.82) is 0 Å². The molecule has 0 aliphatic heterocycles. The molecule has 1 rings (SSSR count). The second kappa shape index (κ2) is 4.67. The van der Waals surface area contributed by atoms with Crippen molar-refractivity contribution in [3.63, 3.8) is 0 Å². The smallest absolute Gasteiger partial charge is 0.244 e. The van der Waals surface area contributed by atoms with Crippen molar-refractivity contribution < 1.29 is 12.8 Å². The number of hydrogen-bond acceptors (Lipinski definition) is 4. The summed E-state index contributed by atoms with van der Waals surface area (Å²) in [6.45, 7) is 5.96. The summed E-state index contributed by atoms with van der Waals surface area (Å²) < 4.78 is 31.7. The number of nitrogens with two attached hydrogens (primary N) is 1. The van der Waals surface area contributed by atoms with E-state index in [0.717, 1.165) is 0 Å². The van der Waals surface area contributed by atoms with Crippen molar-refractivity contribution in [2.45, 2.75) is 24.5 Å². The molecule has 1 aromatic carbocycles. The van der Waals surface area contributed by atoms with E-state index >= 15 is 0 Å². The molecule has 0 bridgehead atoms. The number of sulfonamides is 1. The van der Waals surface area contributed by atoms with E-state index in [1.54, 1.807) is 12.1 Å². The van der Waals surface area contributed by atoms with Crippen LogP contribution in [0.4, 0.5) is 5.69 Å². The van der Waals surface area contributed by atoms with Gasteiger partial charge in [-0.3, -0.25) is 0 Å². The second-order valence-electron chi connectivity index (χ2n) is 4.63. The summed E-state index contributed by atoms with van der Waals surface area (Å²) in [5.41, 5.74) is 6.00. The van der Waals surface area contributed by atoms with Crippen LogP contribution in [-0.4, -0.2) is 23.8 Å². The van der Waals surface area contributed by atoms with E-state index in [4.69, 9.17) is 10.2 Å². The van der Waals surface area contributed by atoms with Gasteiger partial charge >= 0.3 is 0 Å². The zero-order valence-electron chi connectivity index (χ0n) is 10.4. The third-order valence-electron chi connectivity index (χ3n) is 1.94. The Hall–Kier alpha value is -1.05. The third kappa shape index (κ3) is 3.72. The lowest BCUT2D eigenvalue weighted by molar-refractivity contribution is 0.533. The predicted octanol–water partition coefficient (Wildman–Crippen LogP) is 1.39. The Bertz CT molecular complexity index is 509. The zero-order chi connectivity index (χ0) is 13.3. The second-order valence-corrected chi connectivity index (χ2v) is 10.9. The molecule has 1 aromatic rings. The Morgan fingerprint density at radius 1 is 1.29 bits per heavy atom. The molecule has 5 nitrogen and oxygen atoms in total. The van der Waals surface area contributed by atoms with E-state index < -0.39 is 18.3 Å². The Morgan fingerprint density at radius 2 is 1.88 bits per heavy atom. The van der Waals surface area contributed by atoms with Crippen LogP contribution in [0.1, 0.15) is 0 Å². The highest BCUT2D eigenvalue weighted by molar-refractivity contribution is 7.89. The van der Waals surface area contributed by atoms with Gasteiger partial charge in [-0.25, -0.2) is 13.1 Å². The largest absolute Gasteiger partial charge is 0.543 e.